The third-order valence-corrected chi connectivity index (χ3v) is 2.30. The number of nitrogen functional groups attached to an aromatic ring is 1. The Balaban J connectivity index is 2.54. The van der Waals surface area contributed by atoms with Crippen LogP contribution in [0.2, 0.25) is 0 Å². The number of H-pyrrole nitrogens is 1. The lowest BCUT2D eigenvalue weighted by atomic mass is 10.0. The van der Waals surface area contributed by atoms with Gasteiger partial charge in [-0.05, 0) is 24.6 Å². The van der Waals surface area contributed by atoms with Gasteiger partial charge in [0.1, 0.15) is 0 Å². The molecule has 0 bridgehead atoms. The van der Waals surface area contributed by atoms with Gasteiger partial charge in [-0.25, -0.2) is 0 Å². The minimum Gasteiger partial charge on any atom is -0.398 e. The van der Waals surface area contributed by atoms with Gasteiger partial charge in [0.15, 0.2) is 0 Å². The van der Waals surface area contributed by atoms with Crippen molar-refractivity contribution in [2.45, 2.75) is 6.92 Å². The van der Waals surface area contributed by atoms with Crippen LogP contribution in [0.25, 0.3) is 11.1 Å². The van der Waals surface area contributed by atoms with Gasteiger partial charge in [0.25, 0.3) is 0 Å². The van der Waals surface area contributed by atoms with Gasteiger partial charge in [-0.1, -0.05) is 12.1 Å². The molecule has 0 radical (unpaired) electrons. The van der Waals surface area contributed by atoms with E-state index in [9.17, 15) is 4.79 Å². The molecule has 0 amide bonds. The topological polar surface area (TPSA) is 58.9 Å². The Morgan fingerprint density at radius 3 is 2.60 bits per heavy atom. The summed E-state index contributed by atoms with van der Waals surface area (Å²) in [4.78, 5) is 13.5. The van der Waals surface area contributed by atoms with Gasteiger partial charge in [-0.2, -0.15) is 0 Å². The van der Waals surface area contributed by atoms with E-state index in [0.29, 0.717) is 0 Å². The number of aromatic amines is 1. The van der Waals surface area contributed by atoms with E-state index in [-0.39, 0.29) is 5.56 Å². The molecule has 0 unspecified atom stereocenters. The number of aromatic nitrogens is 1. The molecule has 1 aromatic carbocycles. The van der Waals surface area contributed by atoms with E-state index in [4.69, 9.17) is 5.73 Å². The van der Waals surface area contributed by atoms with Crippen LogP contribution in [0.15, 0.2) is 41.3 Å². The largest absolute Gasteiger partial charge is 0.398 e. The fraction of sp³-hybridized carbons (Fsp3) is 0.0833. The molecule has 0 saturated carbocycles. The Kier molecular flexibility index (Phi) is 2.29. The molecule has 1 heterocycles. The lowest BCUT2D eigenvalue weighted by molar-refractivity contribution is 1.24. The second-order valence-electron chi connectivity index (χ2n) is 3.53. The normalized spacial score (nSPS) is 10.2. The second kappa shape index (κ2) is 3.61. The molecule has 0 aliphatic rings. The number of anilines is 1. The fourth-order valence-corrected chi connectivity index (χ4v) is 1.52. The highest BCUT2D eigenvalue weighted by Crippen LogP contribution is 2.25. The third kappa shape index (κ3) is 1.91. The highest BCUT2D eigenvalue weighted by molar-refractivity contribution is 5.76. The van der Waals surface area contributed by atoms with Crippen LogP contribution in [0.1, 0.15) is 5.56 Å². The summed E-state index contributed by atoms with van der Waals surface area (Å²) in [6.45, 7) is 1.99. The molecule has 76 valence electrons. The van der Waals surface area contributed by atoms with Crippen molar-refractivity contribution in [3.05, 3.63) is 52.4 Å². The van der Waals surface area contributed by atoms with Gasteiger partial charge in [-0.3, -0.25) is 4.79 Å². The summed E-state index contributed by atoms with van der Waals surface area (Å²) in [5.74, 6) is 0. The average Bonchev–Trinajstić information content (AvgIpc) is 2.20. The zero-order valence-electron chi connectivity index (χ0n) is 8.45. The summed E-state index contributed by atoms with van der Waals surface area (Å²) >= 11 is 0. The van der Waals surface area contributed by atoms with Crippen molar-refractivity contribution in [2.24, 2.45) is 0 Å². The Morgan fingerprint density at radius 2 is 2.00 bits per heavy atom. The van der Waals surface area contributed by atoms with E-state index in [0.717, 1.165) is 22.4 Å². The molecule has 0 spiro atoms. The Morgan fingerprint density at radius 1 is 1.20 bits per heavy atom. The maximum absolute atomic E-state index is 10.9. The molecule has 0 atom stereocenters. The Bertz CT molecular complexity index is 523. The van der Waals surface area contributed by atoms with Crippen LogP contribution in [-0.2, 0) is 0 Å². The summed E-state index contributed by atoms with van der Waals surface area (Å²) < 4.78 is 0. The average molecular weight is 200 g/mol. The molecule has 2 rings (SSSR count). The highest BCUT2D eigenvalue weighted by atomic mass is 16.1. The van der Waals surface area contributed by atoms with Gasteiger partial charge >= 0.3 is 0 Å². The summed E-state index contributed by atoms with van der Waals surface area (Å²) in [6.07, 6.45) is 1.67. The molecule has 3 heteroatoms. The molecular formula is C12H12N2O. The Hall–Kier alpha value is -2.03. The number of hydrogen-bond donors (Lipinski definition) is 2. The summed E-state index contributed by atoms with van der Waals surface area (Å²) in [5, 5.41) is 0. The molecule has 3 N–H and O–H groups in total. The monoisotopic (exact) mass is 200 g/mol. The van der Waals surface area contributed by atoms with E-state index >= 15 is 0 Å². The lowest BCUT2D eigenvalue weighted by Gasteiger charge is -2.05. The predicted molar refractivity (Wildman–Crippen MR) is 61.6 cm³/mol. The molecule has 2 aromatic rings. The maximum Gasteiger partial charge on any atom is 0.247 e. The first-order valence-corrected chi connectivity index (χ1v) is 4.72. The third-order valence-electron chi connectivity index (χ3n) is 2.30. The zero-order valence-corrected chi connectivity index (χ0v) is 8.45. The first-order chi connectivity index (χ1) is 7.16. The minimum atomic E-state index is -0.107. The molecule has 1 aromatic heterocycles. The quantitative estimate of drug-likeness (QED) is 0.691. The number of nitrogens with one attached hydrogen (secondary N) is 1. The predicted octanol–water partition coefficient (Wildman–Crippen LogP) is 1.93. The number of rotatable bonds is 1. The molecule has 0 saturated heterocycles. The molecule has 3 nitrogen and oxygen atoms in total. The number of hydrogen-bond acceptors (Lipinski definition) is 2. The fourth-order valence-electron chi connectivity index (χ4n) is 1.52. The van der Waals surface area contributed by atoms with Crippen LogP contribution in [0.5, 0.6) is 0 Å². The van der Waals surface area contributed by atoms with E-state index in [2.05, 4.69) is 4.98 Å². The van der Waals surface area contributed by atoms with Crippen LogP contribution in [-0.4, -0.2) is 4.98 Å². The van der Waals surface area contributed by atoms with Crippen molar-refractivity contribution in [3.8, 4) is 11.1 Å². The van der Waals surface area contributed by atoms with Crippen LogP contribution >= 0.6 is 0 Å². The van der Waals surface area contributed by atoms with E-state index in [1.54, 1.807) is 12.3 Å². The van der Waals surface area contributed by atoms with Crippen LogP contribution in [0.3, 0.4) is 0 Å². The van der Waals surface area contributed by atoms with E-state index < -0.39 is 0 Å². The van der Waals surface area contributed by atoms with Crippen molar-refractivity contribution in [2.75, 3.05) is 5.73 Å². The maximum atomic E-state index is 10.9. The first-order valence-electron chi connectivity index (χ1n) is 4.72. The Labute approximate surface area is 87.6 Å². The molecule has 15 heavy (non-hydrogen) atoms. The molecule has 0 aliphatic heterocycles. The van der Waals surface area contributed by atoms with E-state index in [1.807, 2.05) is 25.1 Å². The summed E-state index contributed by atoms with van der Waals surface area (Å²) in [6, 6.07) is 9.13. The van der Waals surface area contributed by atoms with Gasteiger partial charge in [0, 0.05) is 29.1 Å². The van der Waals surface area contributed by atoms with Gasteiger partial charge in [0.05, 0.1) is 0 Å². The zero-order chi connectivity index (χ0) is 10.8. The van der Waals surface area contributed by atoms with Crippen LogP contribution < -0.4 is 11.3 Å². The lowest BCUT2D eigenvalue weighted by Crippen LogP contribution is -2.02. The summed E-state index contributed by atoms with van der Waals surface area (Å²) in [5.41, 5.74) is 9.51. The number of benzene rings is 1. The minimum absolute atomic E-state index is 0.107. The SMILES string of the molecule is Cc1ccc(-c2ccc(=O)[nH]c2)c(N)c1. The number of nitrogens with two attached hydrogens (primary N) is 1. The molecule has 0 fully saturated rings. The van der Waals surface area contributed by atoms with Gasteiger partial charge in [0.2, 0.25) is 5.56 Å². The van der Waals surface area contributed by atoms with Crippen molar-refractivity contribution in [1.82, 2.24) is 4.98 Å². The standard InChI is InChI=1S/C12H12N2O/c1-8-2-4-10(11(13)6-8)9-3-5-12(15)14-7-9/h2-7H,13H2,1H3,(H,14,15). The van der Waals surface area contributed by atoms with Crippen molar-refractivity contribution >= 4 is 5.69 Å². The van der Waals surface area contributed by atoms with Crippen molar-refractivity contribution in [1.29, 1.82) is 0 Å². The van der Waals surface area contributed by atoms with E-state index in [1.165, 1.54) is 6.07 Å². The highest BCUT2D eigenvalue weighted by Gasteiger charge is 2.01. The van der Waals surface area contributed by atoms with Crippen LogP contribution in [0.4, 0.5) is 5.69 Å². The van der Waals surface area contributed by atoms with Gasteiger partial charge < -0.3 is 10.7 Å². The second-order valence-corrected chi connectivity index (χ2v) is 3.53. The molecular weight excluding hydrogens is 188 g/mol. The van der Waals surface area contributed by atoms with Crippen molar-refractivity contribution in [3.63, 3.8) is 0 Å². The smallest absolute Gasteiger partial charge is 0.247 e. The van der Waals surface area contributed by atoms with Crippen LogP contribution in [0, 0.1) is 6.92 Å². The van der Waals surface area contributed by atoms with Crippen molar-refractivity contribution < 1.29 is 0 Å². The first kappa shape index (κ1) is 9.52. The van der Waals surface area contributed by atoms with Gasteiger partial charge in [-0.15, -0.1) is 0 Å². The number of aryl methyl sites for hydroxylation is 1. The molecule has 0 aliphatic carbocycles. The summed E-state index contributed by atoms with van der Waals surface area (Å²) in [7, 11) is 0. The number of pyridine rings is 1.